The lowest BCUT2D eigenvalue weighted by molar-refractivity contribution is -0.384. The molecular weight excluding hydrogens is 400 g/mol. The fourth-order valence-corrected chi connectivity index (χ4v) is 3.41. The lowest BCUT2D eigenvalue weighted by Gasteiger charge is -2.11. The molecule has 3 rings (SSSR count). The number of amides is 1. The Morgan fingerprint density at radius 1 is 1.42 bits per heavy atom. The molecule has 0 radical (unpaired) electrons. The highest BCUT2D eigenvalue weighted by Crippen LogP contribution is 2.30. The number of nitro groups is 1. The number of non-ortho nitro benzene ring substituents is 1. The molecule has 0 saturated heterocycles. The van der Waals surface area contributed by atoms with Crippen LogP contribution in [-0.4, -0.2) is 26.3 Å². The summed E-state index contributed by atoms with van der Waals surface area (Å²) in [5, 5.41) is 23.1. The number of anilines is 1. The van der Waals surface area contributed by atoms with Gasteiger partial charge in [0.05, 0.1) is 25.8 Å². The number of thiophene rings is 1. The van der Waals surface area contributed by atoms with Gasteiger partial charge in [-0.3, -0.25) is 14.9 Å². The van der Waals surface area contributed by atoms with Crippen molar-refractivity contribution in [3.05, 3.63) is 50.8 Å². The van der Waals surface area contributed by atoms with Gasteiger partial charge in [0.25, 0.3) is 16.8 Å². The summed E-state index contributed by atoms with van der Waals surface area (Å²) in [6, 6.07) is 7.56. The molecule has 1 N–H and O–H groups in total. The number of nitrogens with zero attached hydrogens (tertiary/aromatic N) is 3. The van der Waals surface area contributed by atoms with Crippen molar-refractivity contribution in [2.24, 2.45) is 0 Å². The Morgan fingerprint density at radius 3 is 2.92 bits per heavy atom. The first kappa shape index (κ1) is 18.4. The van der Waals surface area contributed by atoms with Gasteiger partial charge in [0.15, 0.2) is 0 Å². The number of carbonyl (C=O) groups is 1. The molecule has 0 fully saturated rings. The van der Waals surface area contributed by atoms with E-state index >= 15 is 0 Å². The van der Waals surface area contributed by atoms with E-state index in [1.807, 2.05) is 17.5 Å². The molecule has 2 heterocycles. The molecule has 0 saturated carbocycles. The summed E-state index contributed by atoms with van der Waals surface area (Å²) in [7, 11) is 0. The minimum atomic E-state index is -0.582. The van der Waals surface area contributed by atoms with Crippen LogP contribution in [0.25, 0.3) is 10.8 Å². The summed E-state index contributed by atoms with van der Waals surface area (Å²) >= 11 is 8.53. The van der Waals surface area contributed by atoms with Gasteiger partial charge in [-0.1, -0.05) is 29.4 Å². The second kappa shape index (κ2) is 7.85. The van der Waals surface area contributed by atoms with Crippen LogP contribution >= 0.6 is 34.7 Å². The van der Waals surface area contributed by atoms with Gasteiger partial charge in [-0.05, 0) is 24.4 Å². The number of aromatic nitrogens is 2. The van der Waals surface area contributed by atoms with E-state index in [0.29, 0.717) is 5.89 Å². The van der Waals surface area contributed by atoms with E-state index in [4.69, 9.17) is 16.0 Å². The van der Waals surface area contributed by atoms with Crippen LogP contribution in [0.4, 0.5) is 11.4 Å². The first-order chi connectivity index (χ1) is 12.4. The van der Waals surface area contributed by atoms with E-state index < -0.39 is 16.1 Å². The molecule has 1 amide bonds. The highest BCUT2D eigenvalue weighted by Gasteiger charge is 2.21. The number of nitro benzene ring substituents is 1. The van der Waals surface area contributed by atoms with E-state index in [1.165, 1.54) is 29.5 Å². The predicted octanol–water partition coefficient (Wildman–Crippen LogP) is 4.48. The van der Waals surface area contributed by atoms with Gasteiger partial charge >= 0.3 is 0 Å². The monoisotopic (exact) mass is 410 g/mol. The maximum atomic E-state index is 12.3. The van der Waals surface area contributed by atoms with Crippen LogP contribution in [0.15, 0.2) is 45.4 Å². The van der Waals surface area contributed by atoms with Crippen LogP contribution in [0.3, 0.4) is 0 Å². The molecule has 26 heavy (non-hydrogen) atoms. The van der Waals surface area contributed by atoms with E-state index in [0.717, 1.165) is 16.6 Å². The average Bonchev–Trinajstić information content (AvgIpc) is 3.27. The zero-order valence-corrected chi connectivity index (χ0v) is 15.6. The maximum Gasteiger partial charge on any atom is 0.277 e. The minimum Gasteiger partial charge on any atom is -0.410 e. The molecule has 3 aromatic rings. The van der Waals surface area contributed by atoms with Crippen molar-refractivity contribution < 1.29 is 14.1 Å². The summed E-state index contributed by atoms with van der Waals surface area (Å²) < 4.78 is 5.53. The fraction of sp³-hybridized carbons (Fsp3) is 0.133. The van der Waals surface area contributed by atoms with E-state index in [-0.39, 0.29) is 21.6 Å². The lowest BCUT2D eigenvalue weighted by Crippen LogP contribution is -2.22. The number of hydrogen-bond acceptors (Lipinski definition) is 8. The van der Waals surface area contributed by atoms with Crippen molar-refractivity contribution in [2.45, 2.75) is 17.4 Å². The second-order valence-electron chi connectivity index (χ2n) is 5.02. The predicted molar refractivity (Wildman–Crippen MR) is 99.7 cm³/mol. The molecule has 0 spiro atoms. The molecule has 0 aliphatic rings. The topological polar surface area (TPSA) is 111 Å². The Hall–Kier alpha value is -2.43. The lowest BCUT2D eigenvalue weighted by atomic mass is 10.2. The number of benzene rings is 1. The van der Waals surface area contributed by atoms with Crippen LogP contribution in [-0.2, 0) is 4.79 Å². The quantitative estimate of drug-likeness (QED) is 0.362. The van der Waals surface area contributed by atoms with Crippen molar-refractivity contribution in [2.75, 3.05) is 5.32 Å². The van der Waals surface area contributed by atoms with Crippen molar-refractivity contribution in [3.8, 4) is 10.8 Å². The Labute approximate surface area is 160 Å². The molecule has 11 heteroatoms. The van der Waals surface area contributed by atoms with Crippen molar-refractivity contribution in [1.29, 1.82) is 0 Å². The second-order valence-corrected chi connectivity index (χ2v) is 7.67. The highest BCUT2D eigenvalue weighted by atomic mass is 35.5. The maximum absolute atomic E-state index is 12.3. The number of carbonyl (C=O) groups excluding carboxylic acids is 1. The molecular formula is C15H11ClN4O4S2. The van der Waals surface area contributed by atoms with Gasteiger partial charge in [0.1, 0.15) is 0 Å². The van der Waals surface area contributed by atoms with Crippen LogP contribution in [0.5, 0.6) is 0 Å². The molecule has 134 valence electrons. The van der Waals surface area contributed by atoms with Crippen LogP contribution in [0.1, 0.15) is 6.92 Å². The van der Waals surface area contributed by atoms with E-state index in [1.54, 1.807) is 6.92 Å². The van der Waals surface area contributed by atoms with E-state index in [9.17, 15) is 14.9 Å². The first-order valence-electron chi connectivity index (χ1n) is 7.23. The standard InChI is InChI=1S/C15H11ClN4O4S2/c1-8(26-15-19-18-14(24-15)12-3-2-6-25-12)13(21)17-11-7-9(20(22)23)4-5-10(11)16/h2-8H,1H3,(H,17,21)/t8-/m0/s1. The Bertz CT molecular complexity index is 945. The molecule has 0 bridgehead atoms. The zero-order valence-electron chi connectivity index (χ0n) is 13.2. The highest BCUT2D eigenvalue weighted by molar-refractivity contribution is 8.00. The van der Waals surface area contributed by atoms with Crippen molar-refractivity contribution >= 4 is 52.0 Å². The van der Waals surface area contributed by atoms with Crippen LogP contribution in [0.2, 0.25) is 5.02 Å². The third kappa shape index (κ3) is 4.21. The molecule has 1 aromatic carbocycles. The Morgan fingerprint density at radius 2 is 2.23 bits per heavy atom. The smallest absolute Gasteiger partial charge is 0.277 e. The average molecular weight is 411 g/mol. The van der Waals surface area contributed by atoms with Gasteiger partial charge in [-0.15, -0.1) is 21.5 Å². The molecule has 0 aliphatic heterocycles. The number of thioether (sulfide) groups is 1. The minimum absolute atomic E-state index is 0.164. The van der Waals surface area contributed by atoms with Crippen LogP contribution < -0.4 is 5.32 Å². The van der Waals surface area contributed by atoms with Gasteiger partial charge in [-0.25, -0.2) is 0 Å². The number of halogens is 1. The summed E-state index contributed by atoms with van der Waals surface area (Å²) in [6.07, 6.45) is 0. The van der Waals surface area contributed by atoms with Gasteiger partial charge < -0.3 is 9.73 Å². The van der Waals surface area contributed by atoms with Crippen LogP contribution in [0, 0.1) is 10.1 Å². The van der Waals surface area contributed by atoms with Crippen molar-refractivity contribution in [3.63, 3.8) is 0 Å². The molecule has 0 unspecified atom stereocenters. The summed E-state index contributed by atoms with van der Waals surface area (Å²) in [5.41, 5.74) is 0.00520. The summed E-state index contributed by atoms with van der Waals surface area (Å²) in [6.45, 7) is 1.65. The first-order valence-corrected chi connectivity index (χ1v) is 9.36. The van der Waals surface area contributed by atoms with Crippen molar-refractivity contribution in [1.82, 2.24) is 10.2 Å². The summed E-state index contributed by atoms with van der Waals surface area (Å²) in [4.78, 5) is 23.5. The molecule has 1 atom stereocenters. The van der Waals surface area contributed by atoms with Gasteiger partial charge in [0.2, 0.25) is 5.91 Å². The molecule has 2 aromatic heterocycles. The van der Waals surface area contributed by atoms with E-state index in [2.05, 4.69) is 15.5 Å². The van der Waals surface area contributed by atoms with Gasteiger partial charge in [0, 0.05) is 12.1 Å². The zero-order chi connectivity index (χ0) is 18.7. The third-order valence-corrected chi connectivity index (χ3v) is 5.33. The fourth-order valence-electron chi connectivity index (χ4n) is 1.92. The third-order valence-electron chi connectivity index (χ3n) is 3.20. The number of nitrogens with one attached hydrogen (secondary N) is 1. The molecule has 8 nitrogen and oxygen atoms in total. The summed E-state index contributed by atoms with van der Waals surface area (Å²) in [5.74, 6) is -0.00916. The normalized spacial score (nSPS) is 11.9. The Balaban J connectivity index is 1.67. The number of rotatable bonds is 6. The van der Waals surface area contributed by atoms with Gasteiger partial charge in [-0.2, -0.15) is 0 Å². The largest absolute Gasteiger partial charge is 0.410 e. The number of hydrogen-bond donors (Lipinski definition) is 1. The Kier molecular flexibility index (Phi) is 5.55. The SMILES string of the molecule is C[C@H](Sc1nnc(-c2cccs2)o1)C(=O)Nc1cc([N+](=O)[O-])ccc1Cl. The molecule has 0 aliphatic carbocycles.